The highest BCUT2D eigenvalue weighted by molar-refractivity contribution is 6.05. The predicted octanol–water partition coefficient (Wildman–Crippen LogP) is 5.27. The molecule has 0 bridgehead atoms. The lowest BCUT2D eigenvalue weighted by Gasteiger charge is -2.27. The average Bonchev–Trinajstić information content (AvgIpc) is 3.72. The van der Waals surface area contributed by atoms with Gasteiger partial charge >= 0.3 is 12.0 Å². The van der Waals surface area contributed by atoms with Crippen LogP contribution in [-0.4, -0.2) is 47.8 Å². The highest BCUT2D eigenvalue weighted by atomic mass is 16.5. The monoisotopic (exact) mass is 538 g/mol. The first-order valence-corrected chi connectivity index (χ1v) is 13.6. The molecule has 40 heavy (non-hydrogen) atoms. The van der Waals surface area contributed by atoms with E-state index in [1.54, 1.807) is 29.5 Å². The lowest BCUT2D eigenvalue weighted by atomic mass is 9.85. The molecule has 10 nitrogen and oxygen atoms in total. The molecule has 10 heteroatoms. The van der Waals surface area contributed by atoms with Crippen LogP contribution in [0.2, 0.25) is 0 Å². The maximum absolute atomic E-state index is 13.2. The van der Waals surface area contributed by atoms with Crippen molar-refractivity contribution in [1.29, 1.82) is 0 Å². The van der Waals surface area contributed by atoms with Crippen LogP contribution in [0.25, 0.3) is 16.9 Å². The van der Waals surface area contributed by atoms with Crippen molar-refractivity contribution >= 4 is 17.6 Å². The van der Waals surface area contributed by atoms with Crippen LogP contribution < -0.4 is 10.1 Å². The molecule has 2 saturated carbocycles. The molecule has 4 aromatic rings. The third kappa shape index (κ3) is 6.01. The molecule has 3 heterocycles. The summed E-state index contributed by atoms with van der Waals surface area (Å²) < 4.78 is 7.61. The van der Waals surface area contributed by atoms with Crippen molar-refractivity contribution in [2.75, 3.05) is 5.32 Å². The molecule has 2 aliphatic rings. The van der Waals surface area contributed by atoms with Crippen molar-refractivity contribution in [3.05, 3.63) is 78.5 Å². The molecule has 0 spiro atoms. The summed E-state index contributed by atoms with van der Waals surface area (Å²) in [6.45, 7) is 0. The van der Waals surface area contributed by atoms with Crippen LogP contribution in [0, 0.1) is 5.92 Å². The third-order valence-corrected chi connectivity index (χ3v) is 7.47. The largest absolute Gasteiger partial charge is 0.481 e. The number of hydrogen-bond donors (Lipinski definition) is 2. The second kappa shape index (κ2) is 11.3. The minimum atomic E-state index is -0.741. The Morgan fingerprint density at radius 1 is 0.925 bits per heavy atom. The minimum Gasteiger partial charge on any atom is -0.481 e. The molecule has 2 fully saturated rings. The highest BCUT2D eigenvalue weighted by Crippen LogP contribution is 2.41. The molecule has 6 rings (SSSR count). The van der Waals surface area contributed by atoms with E-state index in [1.165, 1.54) is 0 Å². The van der Waals surface area contributed by atoms with Crippen LogP contribution in [0.1, 0.15) is 66.9 Å². The number of pyridine rings is 1. The normalized spacial score (nSPS) is 18.7. The Morgan fingerprint density at radius 3 is 2.33 bits per heavy atom. The second-order valence-electron chi connectivity index (χ2n) is 10.5. The molecule has 1 amide bonds. The number of amides is 1. The summed E-state index contributed by atoms with van der Waals surface area (Å²) in [5.41, 5.74) is 3.81. The zero-order chi connectivity index (χ0) is 27.5. The van der Waals surface area contributed by atoms with Gasteiger partial charge in [0.1, 0.15) is 6.10 Å². The molecule has 204 valence electrons. The lowest BCUT2D eigenvalue weighted by Crippen LogP contribution is -2.25. The van der Waals surface area contributed by atoms with E-state index in [0.29, 0.717) is 29.0 Å². The molecule has 0 unspecified atom stereocenters. The molecular formula is C30H30N6O4. The molecule has 0 saturated heterocycles. The number of carbonyl (C=O) groups excluding carboxylic acids is 1. The summed E-state index contributed by atoms with van der Waals surface area (Å²) >= 11 is 0. The maximum Gasteiger partial charge on any atom is 0.316 e. The van der Waals surface area contributed by atoms with Crippen molar-refractivity contribution in [3.8, 4) is 23.0 Å². The summed E-state index contributed by atoms with van der Waals surface area (Å²) in [5.74, 6) is 0.271. The fraction of sp³-hybridized carbons (Fsp3) is 0.333. The van der Waals surface area contributed by atoms with Gasteiger partial charge in [0, 0.05) is 48.4 Å². The van der Waals surface area contributed by atoms with Crippen LogP contribution >= 0.6 is 0 Å². The summed E-state index contributed by atoms with van der Waals surface area (Å²) in [5, 5.41) is 16.6. The number of anilines is 1. The average molecular weight is 539 g/mol. The van der Waals surface area contributed by atoms with Gasteiger partial charge in [-0.3, -0.25) is 9.59 Å². The summed E-state index contributed by atoms with van der Waals surface area (Å²) in [6.07, 6.45) is 12.5. The van der Waals surface area contributed by atoms with Crippen LogP contribution in [0.3, 0.4) is 0 Å². The van der Waals surface area contributed by atoms with Gasteiger partial charge in [-0.1, -0.05) is 18.2 Å². The van der Waals surface area contributed by atoms with Gasteiger partial charge in [-0.2, -0.15) is 5.10 Å². The summed E-state index contributed by atoms with van der Waals surface area (Å²) in [7, 11) is 0. The number of carboxylic acid groups (broad SMARTS) is 1. The molecule has 0 radical (unpaired) electrons. The fourth-order valence-corrected chi connectivity index (χ4v) is 5.15. The van der Waals surface area contributed by atoms with Crippen LogP contribution in [-0.2, 0) is 4.79 Å². The fourth-order valence-electron chi connectivity index (χ4n) is 5.15. The van der Waals surface area contributed by atoms with Crippen LogP contribution in [0.5, 0.6) is 6.01 Å². The number of ether oxygens (including phenoxy) is 1. The van der Waals surface area contributed by atoms with Crippen LogP contribution in [0.4, 0.5) is 5.69 Å². The number of aromatic nitrogens is 5. The zero-order valence-electron chi connectivity index (χ0n) is 21.9. The van der Waals surface area contributed by atoms with Crippen molar-refractivity contribution in [2.45, 2.75) is 57.0 Å². The van der Waals surface area contributed by atoms with Crippen molar-refractivity contribution < 1.29 is 19.4 Å². The Hall–Kier alpha value is -4.60. The number of nitrogens with one attached hydrogen (secondary N) is 1. The van der Waals surface area contributed by atoms with E-state index < -0.39 is 5.97 Å². The second-order valence-corrected chi connectivity index (χ2v) is 10.5. The standard InChI is InChI=1S/C30H30N6O4/c37-27(38)15-19-4-12-24(13-5-19)40-30-32-16-22(17-33-30)20-8-10-23(11-9-20)34-29(39)25-18-36(26-3-1-2-14-31-26)35-28(25)21-6-7-21/h1-3,8-11,14,16-19,21,24H,4-7,12-13,15H2,(H,34,39)(H,37,38). The van der Waals surface area contributed by atoms with Gasteiger partial charge < -0.3 is 15.2 Å². The van der Waals surface area contributed by atoms with Gasteiger partial charge in [0.05, 0.1) is 11.3 Å². The topological polar surface area (TPSA) is 132 Å². The molecule has 2 N–H and O–H groups in total. The van der Waals surface area contributed by atoms with Crippen molar-refractivity contribution in [1.82, 2.24) is 24.7 Å². The van der Waals surface area contributed by atoms with Gasteiger partial charge in [0.15, 0.2) is 5.82 Å². The van der Waals surface area contributed by atoms with Gasteiger partial charge in [0.25, 0.3) is 5.91 Å². The van der Waals surface area contributed by atoms with Gasteiger partial charge in [-0.05, 0) is 74.3 Å². The SMILES string of the molecule is O=C(O)CC1CCC(Oc2ncc(-c3ccc(NC(=O)c4cn(-c5ccccn5)nc4C4CC4)cc3)cn2)CC1. The summed E-state index contributed by atoms with van der Waals surface area (Å²) in [6, 6.07) is 13.5. The van der Waals surface area contributed by atoms with E-state index >= 15 is 0 Å². The molecule has 1 aromatic carbocycles. The smallest absolute Gasteiger partial charge is 0.316 e. The van der Waals surface area contributed by atoms with E-state index in [9.17, 15) is 9.59 Å². The predicted molar refractivity (Wildman–Crippen MR) is 147 cm³/mol. The van der Waals surface area contributed by atoms with E-state index in [0.717, 1.165) is 55.3 Å². The molecule has 0 aliphatic heterocycles. The molecule has 3 aromatic heterocycles. The third-order valence-electron chi connectivity index (χ3n) is 7.47. The number of carbonyl (C=O) groups is 2. The lowest BCUT2D eigenvalue weighted by molar-refractivity contribution is -0.138. The Balaban J connectivity index is 1.07. The molecule has 0 atom stereocenters. The first-order valence-electron chi connectivity index (χ1n) is 13.6. The minimum absolute atomic E-state index is 0.00952. The quantitative estimate of drug-likeness (QED) is 0.295. The van der Waals surface area contributed by atoms with E-state index in [4.69, 9.17) is 9.84 Å². The Morgan fingerprint density at radius 2 is 1.68 bits per heavy atom. The number of rotatable bonds is 9. The maximum atomic E-state index is 13.2. The highest BCUT2D eigenvalue weighted by Gasteiger charge is 2.32. The Labute approximate surface area is 231 Å². The van der Waals surface area contributed by atoms with Crippen molar-refractivity contribution in [3.63, 3.8) is 0 Å². The van der Waals surface area contributed by atoms with E-state index in [-0.39, 0.29) is 24.3 Å². The van der Waals surface area contributed by atoms with Gasteiger partial charge in [0.2, 0.25) is 0 Å². The Kier molecular flexibility index (Phi) is 7.22. The number of hydrogen-bond acceptors (Lipinski definition) is 7. The number of aliphatic carboxylic acids is 1. The van der Waals surface area contributed by atoms with E-state index in [1.807, 2.05) is 42.5 Å². The van der Waals surface area contributed by atoms with Gasteiger partial charge in [-0.15, -0.1) is 0 Å². The number of benzene rings is 1. The number of nitrogens with zero attached hydrogens (tertiary/aromatic N) is 5. The Bertz CT molecular complexity index is 1480. The first-order chi connectivity index (χ1) is 19.5. The first kappa shape index (κ1) is 25.7. The van der Waals surface area contributed by atoms with Crippen molar-refractivity contribution in [2.24, 2.45) is 5.92 Å². The summed E-state index contributed by atoms with van der Waals surface area (Å²) in [4.78, 5) is 37.2. The molecule has 2 aliphatic carbocycles. The molecular weight excluding hydrogens is 508 g/mol. The van der Waals surface area contributed by atoms with E-state index in [2.05, 4.69) is 25.4 Å². The number of carboxylic acids is 1. The zero-order valence-corrected chi connectivity index (χ0v) is 21.9. The van der Waals surface area contributed by atoms with Gasteiger partial charge in [-0.25, -0.2) is 19.6 Å². The van der Waals surface area contributed by atoms with Crippen LogP contribution in [0.15, 0.2) is 67.3 Å².